The molecule has 0 saturated heterocycles. The summed E-state index contributed by atoms with van der Waals surface area (Å²) in [5.41, 5.74) is 1.28. The van der Waals surface area contributed by atoms with Gasteiger partial charge in [0.2, 0.25) is 0 Å². The number of ether oxygens (including phenoxy) is 3. The first-order valence-electron chi connectivity index (χ1n) is 9.56. The topological polar surface area (TPSA) is 97.7 Å². The van der Waals surface area contributed by atoms with Gasteiger partial charge in [-0.25, -0.2) is 4.79 Å². The lowest BCUT2D eigenvalue weighted by atomic mass is 10.1. The number of hydrogen-bond acceptors (Lipinski definition) is 6. The van der Waals surface area contributed by atoms with Crippen LogP contribution in [0.2, 0.25) is 0 Å². The van der Waals surface area contributed by atoms with Crippen LogP contribution in [0.3, 0.4) is 0 Å². The Morgan fingerprint density at radius 3 is 2.25 bits per heavy atom. The van der Waals surface area contributed by atoms with Gasteiger partial charge in [-0.05, 0) is 60.2 Å². The highest BCUT2D eigenvalue weighted by molar-refractivity contribution is 6.09. The zero-order valence-corrected chi connectivity index (χ0v) is 17.5. The number of para-hydroxylation sites is 1. The van der Waals surface area contributed by atoms with Crippen molar-refractivity contribution in [2.45, 2.75) is 0 Å². The summed E-state index contributed by atoms with van der Waals surface area (Å²) in [7, 11) is 2.98. The van der Waals surface area contributed by atoms with Crippen molar-refractivity contribution in [3.63, 3.8) is 0 Å². The Kier molecular flexibility index (Phi) is 7.23. The first kappa shape index (κ1) is 22.1. The van der Waals surface area contributed by atoms with Crippen LogP contribution >= 0.6 is 0 Å². The minimum absolute atomic E-state index is 0.105. The molecule has 0 heterocycles. The number of hydrogen-bond donors (Lipinski definition) is 1. The summed E-state index contributed by atoms with van der Waals surface area (Å²) in [6, 6.07) is 21.9. The van der Waals surface area contributed by atoms with Crippen LogP contribution < -0.4 is 19.5 Å². The van der Waals surface area contributed by atoms with Gasteiger partial charge in [0.05, 0.1) is 19.8 Å². The Morgan fingerprint density at radius 2 is 1.62 bits per heavy atom. The van der Waals surface area contributed by atoms with Gasteiger partial charge in [-0.1, -0.05) is 24.3 Å². The van der Waals surface area contributed by atoms with E-state index in [-0.39, 0.29) is 11.3 Å². The Morgan fingerprint density at radius 1 is 0.906 bits per heavy atom. The van der Waals surface area contributed by atoms with Crippen LogP contribution in [-0.4, -0.2) is 26.1 Å². The third-order valence-corrected chi connectivity index (χ3v) is 4.42. The van der Waals surface area contributed by atoms with E-state index in [1.54, 1.807) is 60.7 Å². The quantitative estimate of drug-likeness (QED) is 0.258. The minimum atomic E-state index is -0.589. The number of esters is 1. The monoisotopic (exact) mass is 428 g/mol. The molecule has 0 spiro atoms. The van der Waals surface area contributed by atoms with Gasteiger partial charge in [-0.15, -0.1) is 0 Å². The molecule has 7 nitrogen and oxygen atoms in total. The molecular formula is C25H20N2O5. The molecular weight excluding hydrogens is 408 g/mol. The van der Waals surface area contributed by atoms with E-state index in [9.17, 15) is 14.9 Å². The van der Waals surface area contributed by atoms with Crippen LogP contribution in [0.5, 0.6) is 17.2 Å². The number of nitrogens with one attached hydrogen (secondary N) is 1. The molecule has 0 aromatic heterocycles. The molecule has 3 rings (SSSR count). The second-order valence-electron chi connectivity index (χ2n) is 6.52. The molecule has 0 aliphatic heterocycles. The second-order valence-corrected chi connectivity index (χ2v) is 6.52. The lowest BCUT2D eigenvalue weighted by Crippen LogP contribution is -2.13. The van der Waals surface area contributed by atoms with E-state index >= 15 is 0 Å². The molecule has 0 bridgehead atoms. The first-order chi connectivity index (χ1) is 15.5. The SMILES string of the molecule is COc1ccc(C(=O)Oc2cc(/C=C(\C#N)C(=O)Nc3ccccc3)ccc2OC)cc1. The van der Waals surface area contributed by atoms with E-state index in [0.717, 1.165) is 0 Å². The molecule has 0 unspecified atom stereocenters. The lowest BCUT2D eigenvalue weighted by molar-refractivity contribution is -0.112. The zero-order valence-electron chi connectivity index (χ0n) is 17.5. The molecule has 1 N–H and O–H groups in total. The number of amides is 1. The van der Waals surface area contributed by atoms with Crippen molar-refractivity contribution in [3.8, 4) is 23.3 Å². The number of nitriles is 1. The van der Waals surface area contributed by atoms with Gasteiger partial charge in [-0.2, -0.15) is 5.26 Å². The lowest BCUT2D eigenvalue weighted by Gasteiger charge is -2.11. The summed E-state index contributed by atoms with van der Waals surface area (Å²) in [4.78, 5) is 25.0. The fourth-order valence-corrected chi connectivity index (χ4v) is 2.78. The third-order valence-electron chi connectivity index (χ3n) is 4.42. The van der Waals surface area contributed by atoms with Crippen molar-refractivity contribution in [1.29, 1.82) is 5.26 Å². The fraction of sp³-hybridized carbons (Fsp3) is 0.0800. The van der Waals surface area contributed by atoms with Crippen LogP contribution in [0.25, 0.3) is 6.08 Å². The van der Waals surface area contributed by atoms with E-state index in [2.05, 4.69) is 5.32 Å². The molecule has 160 valence electrons. The van der Waals surface area contributed by atoms with Gasteiger partial charge in [-0.3, -0.25) is 4.79 Å². The van der Waals surface area contributed by atoms with E-state index < -0.39 is 11.9 Å². The molecule has 0 fully saturated rings. The second kappa shape index (κ2) is 10.5. The number of methoxy groups -OCH3 is 2. The van der Waals surface area contributed by atoms with Crippen LogP contribution in [0.4, 0.5) is 5.69 Å². The molecule has 1 amide bonds. The van der Waals surface area contributed by atoms with E-state index in [4.69, 9.17) is 14.2 Å². The van der Waals surface area contributed by atoms with Gasteiger partial charge < -0.3 is 19.5 Å². The summed E-state index contributed by atoms with van der Waals surface area (Å²) in [5, 5.41) is 12.1. The Balaban J connectivity index is 1.83. The largest absolute Gasteiger partial charge is 0.497 e. The van der Waals surface area contributed by atoms with Crippen molar-refractivity contribution >= 4 is 23.6 Å². The number of anilines is 1. The molecule has 0 saturated carbocycles. The zero-order chi connectivity index (χ0) is 22.9. The van der Waals surface area contributed by atoms with Crippen LogP contribution in [0.1, 0.15) is 15.9 Å². The average molecular weight is 428 g/mol. The molecule has 32 heavy (non-hydrogen) atoms. The minimum Gasteiger partial charge on any atom is -0.497 e. The van der Waals surface area contributed by atoms with E-state index in [1.165, 1.54) is 26.4 Å². The summed E-state index contributed by atoms with van der Waals surface area (Å²) < 4.78 is 15.8. The maximum atomic E-state index is 12.5. The van der Waals surface area contributed by atoms with Crippen molar-refractivity contribution in [2.75, 3.05) is 19.5 Å². The molecule has 3 aromatic carbocycles. The van der Waals surface area contributed by atoms with Crippen LogP contribution in [-0.2, 0) is 4.79 Å². The molecule has 0 aliphatic carbocycles. The maximum Gasteiger partial charge on any atom is 0.343 e. The van der Waals surface area contributed by atoms with Gasteiger partial charge in [0, 0.05) is 5.69 Å². The Hall–Kier alpha value is -4.57. The highest BCUT2D eigenvalue weighted by Gasteiger charge is 2.15. The molecule has 0 radical (unpaired) electrons. The maximum absolute atomic E-state index is 12.5. The summed E-state index contributed by atoms with van der Waals surface area (Å²) in [6.45, 7) is 0. The molecule has 7 heteroatoms. The smallest absolute Gasteiger partial charge is 0.343 e. The number of rotatable bonds is 7. The predicted molar refractivity (Wildman–Crippen MR) is 120 cm³/mol. The van der Waals surface area contributed by atoms with Gasteiger partial charge >= 0.3 is 5.97 Å². The third kappa shape index (κ3) is 5.52. The summed E-state index contributed by atoms with van der Waals surface area (Å²) >= 11 is 0. The number of carbonyl (C=O) groups excluding carboxylic acids is 2. The molecule has 0 atom stereocenters. The van der Waals surface area contributed by atoms with Crippen molar-refractivity contribution in [1.82, 2.24) is 0 Å². The number of nitrogens with zero attached hydrogens (tertiary/aromatic N) is 1. The van der Waals surface area contributed by atoms with Crippen LogP contribution in [0, 0.1) is 11.3 Å². The first-order valence-corrected chi connectivity index (χ1v) is 9.56. The number of carbonyl (C=O) groups is 2. The highest BCUT2D eigenvalue weighted by Crippen LogP contribution is 2.30. The molecule has 0 aliphatic rings. The number of benzene rings is 3. The Labute approximate surface area is 185 Å². The Bertz CT molecular complexity index is 1180. The summed E-state index contributed by atoms with van der Waals surface area (Å²) in [5.74, 6) is -0.0381. The summed E-state index contributed by atoms with van der Waals surface area (Å²) in [6.07, 6.45) is 1.41. The normalized spacial score (nSPS) is 10.6. The van der Waals surface area contributed by atoms with E-state index in [0.29, 0.717) is 28.3 Å². The highest BCUT2D eigenvalue weighted by atomic mass is 16.6. The molecule has 3 aromatic rings. The fourth-order valence-electron chi connectivity index (χ4n) is 2.78. The standard InChI is InChI=1S/C25H20N2O5/c1-30-21-11-9-18(10-12-21)25(29)32-23-15-17(8-13-22(23)31-2)14-19(16-26)24(28)27-20-6-4-3-5-7-20/h3-15H,1-2H3,(H,27,28)/b19-14+. The van der Waals surface area contributed by atoms with Crippen molar-refractivity contribution < 1.29 is 23.8 Å². The average Bonchev–Trinajstić information content (AvgIpc) is 2.83. The predicted octanol–water partition coefficient (Wildman–Crippen LogP) is 4.47. The van der Waals surface area contributed by atoms with Gasteiger partial charge in [0.15, 0.2) is 11.5 Å². The van der Waals surface area contributed by atoms with Crippen LogP contribution in [0.15, 0.2) is 78.4 Å². The van der Waals surface area contributed by atoms with Gasteiger partial charge in [0.1, 0.15) is 17.4 Å². The van der Waals surface area contributed by atoms with Crippen molar-refractivity contribution in [3.05, 3.63) is 89.5 Å². The van der Waals surface area contributed by atoms with E-state index in [1.807, 2.05) is 12.1 Å². The van der Waals surface area contributed by atoms with Crippen molar-refractivity contribution in [2.24, 2.45) is 0 Å². The van der Waals surface area contributed by atoms with Gasteiger partial charge in [0.25, 0.3) is 5.91 Å².